The third kappa shape index (κ3) is 6.85. The number of anilines is 2. The number of piperazine rings is 1. The molecule has 1 aliphatic rings. The van der Waals surface area contributed by atoms with E-state index in [-0.39, 0.29) is 12.6 Å². The van der Waals surface area contributed by atoms with E-state index >= 15 is 0 Å². The Balaban J connectivity index is 1.45. The maximum Gasteiger partial charge on any atom is 0.451 e. The van der Waals surface area contributed by atoms with E-state index in [2.05, 4.69) is 25.7 Å². The molecule has 0 bridgehead atoms. The number of rotatable bonds is 6. The molecule has 16 heteroatoms. The predicted octanol–water partition coefficient (Wildman–Crippen LogP) is 2.49. The molecular formula is C20H22F6N8O2. The highest BCUT2D eigenvalue weighted by molar-refractivity contribution is 5.74. The second-order valence-electron chi connectivity index (χ2n) is 7.77. The Morgan fingerprint density at radius 3 is 2.31 bits per heavy atom. The Bertz CT molecular complexity index is 1120. The SMILES string of the molecule is C[C@@H](/C=C/CNC(=O)N1CCN(c2cnc(C(F)(F)F)nc2)CC1)Nc1cn[nH]c(=O)c1C(F)(F)F. The van der Waals surface area contributed by atoms with Crippen molar-refractivity contribution >= 4 is 17.4 Å². The molecule has 36 heavy (non-hydrogen) atoms. The maximum absolute atomic E-state index is 13.1. The highest BCUT2D eigenvalue weighted by Gasteiger charge is 2.37. The highest BCUT2D eigenvalue weighted by Crippen LogP contribution is 2.31. The molecule has 0 aliphatic carbocycles. The second kappa shape index (κ2) is 10.8. The number of hydrogen-bond donors (Lipinski definition) is 3. The van der Waals surface area contributed by atoms with Crippen LogP contribution in [0.2, 0.25) is 0 Å². The fraction of sp³-hybridized carbons (Fsp3) is 0.450. The fourth-order valence-corrected chi connectivity index (χ4v) is 3.41. The lowest BCUT2D eigenvalue weighted by Gasteiger charge is -2.35. The zero-order valence-corrected chi connectivity index (χ0v) is 18.8. The monoisotopic (exact) mass is 520 g/mol. The molecule has 0 spiro atoms. The van der Waals surface area contributed by atoms with Crippen LogP contribution in [-0.2, 0) is 12.4 Å². The topological polar surface area (TPSA) is 119 Å². The van der Waals surface area contributed by atoms with Gasteiger partial charge in [0.15, 0.2) is 0 Å². The van der Waals surface area contributed by atoms with Gasteiger partial charge in [0.1, 0.15) is 5.56 Å². The van der Waals surface area contributed by atoms with Gasteiger partial charge in [0.2, 0.25) is 5.82 Å². The number of carbonyl (C=O) groups is 1. The van der Waals surface area contributed by atoms with Gasteiger partial charge >= 0.3 is 18.4 Å². The molecule has 0 unspecified atom stereocenters. The predicted molar refractivity (Wildman–Crippen MR) is 116 cm³/mol. The van der Waals surface area contributed by atoms with Crippen molar-refractivity contribution in [1.29, 1.82) is 0 Å². The molecule has 1 aliphatic heterocycles. The number of alkyl halides is 6. The van der Waals surface area contributed by atoms with Crippen LogP contribution in [0.5, 0.6) is 0 Å². The van der Waals surface area contributed by atoms with Crippen molar-refractivity contribution in [2.75, 3.05) is 42.9 Å². The number of urea groups is 1. The zero-order chi connectivity index (χ0) is 26.5. The number of halogens is 6. The van der Waals surface area contributed by atoms with Crippen molar-refractivity contribution < 1.29 is 31.1 Å². The standard InChI is InChI=1S/C20H22F6N8O2/c1-12(31-14-11-30-32-16(35)15(14)19(21,22)23)3-2-4-27-18(36)34-7-5-33(6-8-34)13-9-28-17(29-10-13)20(24,25)26/h2-3,9-12H,4-8H2,1H3,(H,27,36)(H2,31,32,35)/b3-2+/t12-/m0/s1. The van der Waals surface area contributed by atoms with E-state index < -0.39 is 41.0 Å². The van der Waals surface area contributed by atoms with Gasteiger partial charge in [-0.25, -0.2) is 19.9 Å². The number of nitrogens with zero attached hydrogens (tertiary/aromatic N) is 5. The smallest absolute Gasteiger partial charge is 0.377 e. The van der Waals surface area contributed by atoms with E-state index in [0.717, 1.165) is 18.6 Å². The van der Waals surface area contributed by atoms with Crippen molar-refractivity contribution in [3.8, 4) is 0 Å². The molecule has 3 heterocycles. The first-order valence-corrected chi connectivity index (χ1v) is 10.6. The van der Waals surface area contributed by atoms with Crippen molar-refractivity contribution in [2.24, 2.45) is 0 Å². The molecule has 2 aromatic heterocycles. The quantitative estimate of drug-likeness (QED) is 0.396. The minimum absolute atomic E-state index is 0.0948. The zero-order valence-electron chi connectivity index (χ0n) is 18.8. The van der Waals surface area contributed by atoms with Crippen LogP contribution in [0.3, 0.4) is 0 Å². The first-order chi connectivity index (χ1) is 16.9. The Labute approximate surface area is 200 Å². The summed E-state index contributed by atoms with van der Waals surface area (Å²) in [5.74, 6) is -1.23. The van der Waals surface area contributed by atoms with Gasteiger partial charge in [-0.3, -0.25) is 4.79 Å². The molecule has 2 aromatic rings. The van der Waals surface area contributed by atoms with Gasteiger partial charge in [-0.05, 0) is 6.92 Å². The normalized spacial score (nSPS) is 15.8. The molecule has 196 valence electrons. The molecule has 1 fully saturated rings. The van der Waals surface area contributed by atoms with Crippen molar-refractivity contribution in [1.82, 2.24) is 30.4 Å². The van der Waals surface area contributed by atoms with E-state index in [1.54, 1.807) is 23.0 Å². The summed E-state index contributed by atoms with van der Waals surface area (Å²) in [5.41, 5.74) is -2.80. The molecule has 10 nitrogen and oxygen atoms in total. The van der Waals surface area contributed by atoms with Crippen molar-refractivity contribution in [3.05, 3.63) is 52.5 Å². The highest BCUT2D eigenvalue weighted by atomic mass is 19.4. The lowest BCUT2D eigenvalue weighted by molar-refractivity contribution is -0.145. The summed E-state index contributed by atoms with van der Waals surface area (Å²) in [5, 5.41) is 10.3. The Hall–Kier alpha value is -3.85. The van der Waals surface area contributed by atoms with Gasteiger partial charge in [-0.15, -0.1) is 0 Å². The van der Waals surface area contributed by atoms with Crippen LogP contribution in [0, 0.1) is 0 Å². The fourth-order valence-electron chi connectivity index (χ4n) is 3.41. The van der Waals surface area contributed by atoms with Crippen LogP contribution >= 0.6 is 0 Å². The first kappa shape index (κ1) is 26.7. The summed E-state index contributed by atoms with van der Waals surface area (Å²) >= 11 is 0. The molecule has 3 N–H and O–H groups in total. The van der Waals surface area contributed by atoms with Gasteiger partial charge in [0.05, 0.1) is 30.0 Å². The summed E-state index contributed by atoms with van der Waals surface area (Å²) in [4.78, 5) is 33.8. The van der Waals surface area contributed by atoms with Gasteiger partial charge in [0.25, 0.3) is 5.56 Å². The second-order valence-corrected chi connectivity index (χ2v) is 7.77. The van der Waals surface area contributed by atoms with Gasteiger partial charge in [-0.2, -0.15) is 31.4 Å². The number of nitrogens with one attached hydrogen (secondary N) is 3. The number of aromatic nitrogens is 4. The Kier molecular flexibility index (Phi) is 8.04. The van der Waals surface area contributed by atoms with Crippen LogP contribution in [-0.4, -0.2) is 69.9 Å². The summed E-state index contributed by atoms with van der Waals surface area (Å²) in [6.45, 7) is 3.01. The largest absolute Gasteiger partial charge is 0.451 e. The number of amides is 2. The number of hydrogen-bond acceptors (Lipinski definition) is 7. The summed E-state index contributed by atoms with van der Waals surface area (Å²) in [7, 11) is 0. The van der Waals surface area contributed by atoms with Crippen molar-refractivity contribution in [2.45, 2.75) is 25.3 Å². The van der Waals surface area contributed by atoms with E-state index in [1.807, 2.05) is 0 Å². The van der Waals surface area contributed by atoms with E-state index in [4.69, 9.17) is 0 Å². The minimum Gasteiger partial charge on any atom is -0.377 e. The average Bonchev–Trinajstić information content (AvgIpc) is 2.80. The molecular weight excluding hydrogens is 498 g/mol. The molecule has 1 atom stereocenters. The van der Waals surface area contributed by atoms with E-state index in [9.17, 15) is 35.9 Å². The van der Waals surface area contributed by atoms with Crippen LogP contribution in [0.15, 0.2) is 35.5 Å². The maximum atomic E-state index is 13.1. The summed E-state index contributed by atoms with van der Waals surface area (Å²) in [6.07, 6.45) is -3.38. The van der Waals surface area contributed by atoms with Crippen LogP contribution in [0.1, 0.15) is 18.3 Å². The summed E-state index contributed by atoms with van der Waals surface area (Å²) in [6, 6.07) is -0.983. The first-order valence-electron chi connectivity index (χ1n) is 10.6. The average molecular weight is 520 g/mol. The lowest BCUT2D eigenvalue weighted by Crippen LogP contribution is -2.52. The van der Waals surface area contributed by atoms with Crippen LogP contribution < -0.4 is 21.1 Å². The molecule has 0 saturated carbocycles. The number of aromatic amines is 1. The molecule has 1 saturated heterocycles. The molecule has 0 aromatic carbocycles. The van der Waals surface area contributed by atoms with Crippen molar-refractivity contribution in [3.63, 3.8) is 0 Å². The minimum atomic E-state index is -4.86. The van der Waals surface area contributed by atoms with Crippen LogP contribution in [0.4, 0.5) is 42.5 Å². The van der Waals surface area contributed by atoms with Gasteiger partial charge in [0, 0.05) is 38.8 Å². The van der Waals surface area contributed by atoms with E-state index in [0.29, 0.717) is 31.9 Å². The van der Waals surface area contributed by atoms with Gasteiger partial charge < -0.3 is 20.4 Å². The van der Waals surface area contributed by atoms with Crippen LogP contribution in [0.25, 0.3) is 0 Å². The lowest BCUT2D eigenvalue weighted by atomic mass is 10.2. The number of carbonyl (C=O) groups excluding carboxylic acids is 1. The Morgan fingerprint density at radius 1 is 1.08 bits per heavy atom. The van der Waals surface area contributed by atoms with Gasteiger partial charge in [-0.1, -0.05) is 12.2 Å². The summed E-state index contributed by atoms with van der Waals surface area (Å²) < 4.78 is 77.1. The third-order valence-corrected chi connectivity index (χ3v) is 5.14. The molecule has 0 radical (unpaired) electrons. The number of H-pyrrole nitrogens is 1. The third-order valence-electron chi connectivity index (χ3n) is 5.14. The van der Waals surface area contributed by atoms with E-state index in [1.165, 1.54) is 11.0 Å². The Morgan fingerprint density at radius 2 is 1.72 bits per heavy atom. The molecule has 3 rings (SSSR count). The molecule has 2 amide bonds.